The number of amides is 1. The van der Waals surface area contributed by atoms with Crippen LogP contribution < -0.4 is 0 Å². The van der Waals surface area contributed by atoms with Gasteiger partial charge in [0.05, 0.1) is 11.6 Å². The second-order valence-electron chi connectivity index (χ2n) is 7.05. The van der Waals surface area contributed by atoms with Crippen molar-refractivity contribution in [3.05, 3.63) is 59.7 Å². The van der Waals surface area contributed by atoms with Crippen LogP contribution in [-0.4, -0.2) is 47.9 Å². The zero-order chi connectivity index (χ0) is 19.2. The summed E-state index contributed by atoms with van der Waals surface area (Å²) in [5.41, 5.74) is 3.40. The summed E-state index contributed by atoms with van der Waals surface area (Å²) in [6.45, 7) is 8.17. The summed E-state index contributed by atoms with van der Waals surface area (Å²) < 4.78 is 0. The van der Waals surface area contributed by atoms with E-state index in [2.05, 4.69) is 29.7 Å². The van der Waals surface area contributed by atoms with Gasteiger partial charge in [0, 0.05) is 24.7 Å². The molecule has 0 aliphatic carbocycles. The van der Waals surface area contributed by atoms with Crippen LogP contribution in [0.2, 0.25) is 0 Å². The number of rotatable bonds is 6. The van der Waals surface area contributed by atoms with Gasteiger partial charge in [-0.25, -0.2) is 0 Å². The van der Waals surface area contributed by atoms with E-state index in [-0.39, 0.29) is 5.91 Å². The van der Waals surface area contributed by atoms with Crippen molar-refractivity contribution in [2.75, 3.05) is 26.2 Å². The Morgan fingerprint density at radius 2 is 1.89 bits per heavy atom. The quantitative estimate of drug-likeness (QED) is 0.776. The topological polar surface area (TPSA) is 47.3 Å². The molecule has 1 aliphatic rings. The van der Waals surface area contributed by atoms with E-state index in [0.29, 0.717) is 11.6 Å². The molecule has 4 heteroatoms. The highest BCUT2D eigenvalue weighted by atomic mass is 16.2. The minimum Gasteiger partial charge on any atom is -0.334 e. The van der Waals surface area contributed by atoms with E-state index in [9.17, 15) is 4.79 Å². The number of carbonyl (C=O) groups excluding carboxylic acids is 1. The smallest absolute Gasteiger partial charge is 0.254 e. The van der Waals surface area contributed by atoms with E-state index in [0.717, 1.165) is 55.7 Å². The van der Waals surface area contributed by atoms with E-state index in [1.54, 1.807) is 0 Å². The van der Waals surface area contributed by atoms with Crippen molar-refractivity contribution >= 4 is 5.91 Å². The molecule has 4 nitrogen and oxygen atoms in total. The molecule has 1 atom stereocenters. The molecule has 0 N–H and O–H groups in total. The van der Waals surface area contributed by atoms with Crippen LogP contribution in [0.3, 0.4) is 0 Å². The lowest BCUT2D eigenvalue weighted by Crippen LogP contribution is -2.43. The maximum atomic E-state index is 13.2. The lowest BCUT2D eigenvalue weighted by molar-refractivity contribution is 0.0704. The van der Waals surface area contributed by atoms with Gasteiger partial charge in [-0.2, -0.15) is 5.26 Å². The van der Waals surface area contributed by atoms with Gasteiger partial charge in [-0.15, -0.1) is 0 Å². The number of likely N-dealkylation sites (tertiary alicyclic amines) is 1. The Morgan fingerprint density at radius 3 is 2.56 bits per heavy atom. The fraction of sp³-hybridized carbons (Fsp3) is 0.391. The van der Waals surface area contributed by atoms with Gasteiger partial charge in [-0.1, -0.05) is 38.1 Å². The lowest BCUT2D eigenvalue weighted by atomic mass is 10.0. The van der Waals surface area contributed by atoms with Crippen LogP contribution in [0.5, 0.6) is 0 Å². The van der Waals surface area contributed by atoms with E-state index in [4.69, 9.17) is 5.26 Å². The monoisotopic (exact) mass is 361 g/mol. The molecule has 0 spiro atoms. The van der Waals surface area contributed by atoms with Gasteiger partial charge in [0.15, 0.2) is 0 Å². The molecule has 3 rings (SSSR count). The molecule has 1 amide bonds. The first-order chi connectivity index (χ1) is 13.2. The number of hydrogen-bond acceptors (Lipinski definition) is 3. The minimum atomic E-state index is 0.125. The molecule has 0 saturated carbocycles. The van der Waals surface area contributed by atoms with Crippen LogP contribution in [0.4, 0.5) is 0 Å². The standard InChI is InChI=1S/C23H27N3O/c1-3-25(4-2)17-22-9-6-14-26(22)23(27)21-8-5-7-20(15-21)19-12-10-18(16-24)11-13-19/h5,7-8,10-13,15,22H,3-4,6,9,14,17H2,1-2H3/t22-/m1/s1. The average molecular weight is 361 g/mol. The third-order valence-electron chi connectivity index (χ3n) is 5.46. The van der Waals surface area contributed by atoms with E-state index in [1.807, 2.05) is 48.5 Å². The van der Waals surface area contributed by atoms with Crippen molar-refractivity contribution in [3.8, 4) is 17.2 Å². The Kier molecular flexibility index (Phi) is 6.26. The van der Waals surface area contributed by atoms with Gasteiger partial charge >= 0.3 is 0 Å². The molecular formula is C23H27N3O. The number of nitriles is 1. The normalized spacial score (nSPS) is 16.5. The van der Waals surface area contributed by atoms with Gasteiger partial charge in [-0.3, -0.25) is 4.79 Å². The molecule has 0 unspecified atom stereocenters. The predicted octanol–water partition coefficient (Wildman–Crippen LogP) is 4.17. The van der Waals surface area contributed by atoms with Gasteiger partial charge in [0.2, 0.25) is 0 Å². The van der Waals surface area contributed by atoms with Crippen molar-refractivity contribution in [2.45, 2.75) is 32.7 Å². The lowest BCUT2D eigenvalue weighted by Gasteiger charge is -2.29. The molecule has 1 aliphatic heterocycles. The van der Waals surface area contributed by atoms with Gasteiger partial charge < -0.3 is 9.80 Å². The molecular weight excluding hydrogens is 334 g/mol. The maximum Gasteiger partial charge on any atom is 0.254 e. The largest absolute Gasteiger partial charge is 0.334 e. The molecule has 1 saturated heterocycles. The summed E-state index contributed by atoms with van der Waals surface area (Å²) in [4.78, 5) is 17.6. The zero-order valence-corrected chi connectivity index (χ0v) is 16.2. The van der Waals surface area contributed by atoms with Crippen LogP contribution in [0.25, 0.3) is 11.1 Å². The summed E-state index contributed by atoms with van der Waals surface area (Å²) in [5, 5.41) is 8.96. The Hall–Kier alpha value is -2.64. The third-order valence-corrected chi connectivity index (χ3v) is 5.46. The Labute approximate surface area is 162 Å². The second-order valence-corrected chi connectivity index (χ2v) is 7.05. The van der Waals surface area contributed by atoms with Crippen molar-refractivity contribution in [2.24, 2.45) is 0 Å². The summed E-state index contributed by atoms with van der Waals surface area (Å²) in [6, 6.07) is 17.7. The Bertz CT molecular complexity index is 818. The first-order valence-electron chi connectivity index (χ1n) is 9.80. The highest BCUT2D eigenvalue weighted by molar-refractivity contribution is 5.96. The zero-order valence-electron chi connectivity index (χ0n) is 16.2. The first-order valence-corrected chi connectivity index (χ1v) is 9.80. The summed E-state index contributed by atoms with van der Waals surface area (Å²) in [6.07, 6.45) is 2.16. The first kappa shape index (κ1) is 19.1. The number of carbonyl (C=O) groups is 1. The van der Waals surface area contributed by atoms with Crippen molar-refractivity contribution in [3.63, 3.8) is 0 Å². The molecule has 27 heavy (non-hydrogen) atoms. The second kappa shape index (κ2) is 8.83. The fourth-order valence-electron chi connectivity index (χ4n) is 3.81. The van der Waals surface area contributed by atoms with Crippen LogP contribution in [0.15, 0.2) is 48.5 Å². The molecule has 0 bridgehead atoms. The van der Waals surface area contributed by atoms with E-state index >= 15 is 0 Å². The Morgan fingerprint density at radius 1 is 1.15 bits per heavy atom. The van der Waals surface area contributed by atoms with Crippen molar-refractivity contribution in [1.29, 1.82) is 5.26 Å². The van der Waals surface area contributed by atoms with Crippen molar-refractivity contribution < 1.29 is 4.79 Å². The van der Waals surface area contributed by atoms with Crippen molar-refractivity contribution in [1.82, 2.24) is 9.80 Å². The molecule has 0 radical (unpaired) electrons. The maximum absolute atomic E-state index is 13.2. The average Bonchev–Trinajstić information content (AvgIpc) is 3.19. The predicted molar refractivity (Wildman–Crippen MR) is 108 cm³/mol. The van der Waals surface area contributed by atoms with Crippen LogP contribution in [0.1, 0.15) is 42.6 Å². The summed E-state index contributed by atoms with van der Waals surface area (Å²) in [5.74, 6) is 0.125. The Balaban J connectivity index is 1.79. The molecule has 1 heterocycles. The summed E-state index contributed by atoms with van der Waals surface area (Å²) >= 11 is 0. The fourth-order valence-corrected chi connectivity index (χ4v) is 3.81. The number of benzene rings is 2. The highest BCUT2D eigenvalue weighted by Crippen LogP contribution is 2.25. The van der Waals surface area contributed by atoms with E-state index < -0.39 is 0 Å². The summed E-state index contributed by atoms with van der Waals surface area (Å²) in [7, 11) is 0. The van der Waals surface area contributed by atoms with E-state index in [1.165, 1.54) is 0 Å². The number of likely N-dealkylation sites (N-methyl/N-ethyl adjacent to an activating group) is 1. The SMILES string of the molecule is CCN(CC)C[C@H]1CCCN1C(=O)c1cccc(-c2ccc(C#N)cc2)c1. The molecule has 140 valence electrons. The van der Waals surface area contributed by atoms with Gasteiger partial charge in [0.25, 0.3) is 5.91 Å². The third kappa shape index (κ3) is 4.37. The molecule has 2 aromatic rings. The van der Waals surface area contributed by atoms with Gasteiger partial charge in [-0.05, 0) is 61.3 Å². The molecule has 2 aromatic carbocycles. The van der Waals surface area contributed by atoms with Crippen LogP contribution >= 0.6 is 0 Å². The van der Waals surface area contributed by atoms with Gasteiger partial charge in [0.1, 0.15) is 0 Å². The van der Waals surface area contributed by atoms with Crippen LogP contribution in [-0.2, 0) is 0 Å². The number of hydrogen-bond donors (Lipinski definition) is 0. The molecule has 0 aromatic heterocycles. The molecule has 1 fully saturated rings. The number of nitrogens with zero attached hydrogens (tertiary/aromatic N) is 3. The van der Waals surface area contributed by atoms with Crippen LogP contribution in [0, 0.1) is 11.3 Å². The highest BCUT2D eigenvalue weighted by Gasteiger charge is 2.30. The minimum absolute atomic E-state index is 0.125.